The highest BCUT2D eigenvalue weighted by atomic mass is 35.5. The number of piperidine rings is 1. The maximum absolute atomic E-state index is 12.2. The second-order valence-corrected chi connectivity index (χ2v) is 8.18. The van der Waals surface area contributed by atoms with Crippen molar-refractivity contribution in [3.63, 3.8) is 0 Å². The number of nitrogens with one attached hydrogen (secondary N) is 2. The van der Waals surface area contributed by atoms with Crippen molar-refractivity contribution in [2.45, 2.75) is 19.4 Å². The van der Waals surface area contributed by atoms with Crippen LogP contribution in [0.5, 0.6) is 0 Å². The molecule has 0 unspecified atom stereocenters. The first kappa shape index (κ1) is 21.6. The Morgan fingerprint density at radius 1 is 1.07 bits per heavy atom. The molecule has 2 aromatic rings. The molecule has 7 heteroatoms. The van der Waals surface area contributed by atoms with E-state index < -0.39 is 5.91 Å². The smallest absolute Gasteiger partial charge is 0.253 e. The topological polar surface area (TPSA) is 61.4 Å². The van der Waals surface area contributed by atoms with Crippen LogP contribution in [-0.4, -0.2) is 42.9 Å². The monoisotopic (exact) mass is 433 g/mol. The molecule has 1 aliphatic heterocycles. The second kappa shape index (κ2) is 10.6. The predicted octanol–water partition coefficient (Wildman–Crippen LogP) is 3.75. The molecule has 29 heavy (non-hydrogen) atoms. The van der Waals surface area contributed by atoms with Crippen LogP contribution in [0.1, 0.15) is 28.8 Å². The number of nitrogens with zero attached hydrogens (tertiary/aromatic N) is 1. The van der Waals surface area contributed by atoms with Gasteiger partial charge in [-0.2, -0.15) is 0 Å². The number of carbonyl (C=O) groups excluding carboxylic acids is 2. The fourth-order valence-corrected chi connectivity index (χ4v) is 4.05. The van der Waals surface area contributed by atoms with Gasteiger partial charge in [-0.3, -0.25) is 14.5 Å². The molecule has 0 spiro atoms. The van der Waals surface area contributed by atoms with Crippen LogP contribution in [0.2, 0.25) is 10.0 Å². The fourth-order valence-electron chi connectivity index (χ4n) is 3.55. The number of likely N-dealkylation sites (tertiary alicyclic amines) is 1. The third-order valence-corrected chi connectivity index (χ3v) is 5.57. The zero-order valence-corrected chi connectivity index (χ0v) is 17.7. The van der Waals surface area contributed by atoms with Crippen LogP contribution in [-0.2, 0) is 11.3 Å². The molecular weight excluding hydrogens is 409 g/mol. The highest BCUT2D eigenvalue weighted by Gasteiger charge is 2.20. The summed E-state index contributed by atoms with van der Waals surface area (Å²) in [4.78, 5) is 26.7. The van der Waals surface area contributed by atoms with Crippen molar-refractivity contribution in [2.24, 2.45) is 5.92 Å². The standard InChI is InChI=1S/C22H25Cl2N3O2/c23-18-8-9-19(20(24)11-18)22(29)26-13-21(28)25-12-17-7-4-10-27(15-17)14-16-5-2-1-3-6-16/h1-3,5-6,8-9,11,17H,4,7,10,12-15H2,(H,25,28)(H,26,29)/t17-/m1/s1. The van der Waals surface area contributed by atoms with Gasteiger partial charge in [0.2, 0.25) is 5.91 Å². The Hall–Kier alpha value is -2.08. The van der Waals surface area contributed by atoms with E-state index in [2.05, 4.69) is 39.8 Å². The van der Waals surface area contributed by atoms with E-state index in [1.807, 2.05) is 6.07 Å². The molecule has 0 saturated carbocycles. The quantitative estimate of drug-likeness (QED) is 0.698. The first-order chi connectivity index (χ1) is 14.0. The Bertz CT molecular complexity index is 845. The highest BCUT2D eigenvalue weighted by molar-refractivity contribution is 6.36. The Morgan fingerprint density at radius 3 is 2.62 bits per heavy atom. The van der Waals surface area contributed by atoms with Crippen LogP contribution >= 0.6 is 23.2 Å². The number of hydrogen-bond acceptors (Lipinski definition) is 3. The van der Waals surface area contributed by atoms with Gasteiger partial charge in [0.05, 0.1) is 17.1 Å². The van der Waals surface area contributed by atoms with E-state index in [1.165, 1.54) is 11.6 Å². The summed E-state index contributed by atoms with van der Waals surface area (Å²) in [5, 5.41) is 6.25. The van der Waals surface area contributed by atoms with E-state index in [1.54, 1.807) is 12.1 Å². The van der Waals surface area contributed by atoms with E-state index >= 15 is 0 Å². The second-order valence-electron chi connectivity index (χ2n) is 7.34. The average Bonchev–Trinajstić information content (AvgIpc) is 2.71. The van der Waals surface area contributed by atoms with E-state index in [-0.39, 0.29) is 17.5 Å². The minimum atomic E-state index is -0.395. The van der Waals surface area contributed by atoms with Crippen molar-refractivity contribution in [3.8, 4) is 0 Å². The fraction of sp³-hybridized carbons (Fsp3) is 0.364. The van der Waals surface area contributed by atoms with Gasteiger partial charge in [-0.15, -0.1) is 0 Å². The van der Waals surface area contributed by atoms with Crippen LogP contribution in [0, 0.1) is 5.92 Å². The molecule has 1 saturated heterocycles. The molecule has 0 aliphatic carbocycles. The van der Waals surface area contributed by atoms with E-state index in [0.29, 0.717) is 23.0 Å². The zero-order valence-electron chi connectivity index (χ0n) is 16.2. The molecule has 154 valence electrons. The highest BCUT2D eigenvalue weighted by Crippen LogP contribution is 2.21. The van der Waals surface area contributed by atoms with Crippen molar-refractivity contribution >= 4 is 35.0 Å². The lowest BCUT2D eigenvalue weighted by Crippen LogP contribution is -2.43. The number of benzene rings is 2. The van der Waals surface area contributed by atoms with Crippen LogP contribution < -0.4 is 10.6 Å². The van der Waals surface area contributed by atoms with Gasteiger partial charge in [-0.1, -0.05) is 53.5 Å². The van der Waals surface area contributed by atoms with Crippen molar-refractivity contribution in [1.29, 1.82) is 0 Å². The molecule has 2 N–H and O–H groups in total. The molecule has 1 atom stereocenters. The molecule has 2 amide bonds. The lowest BCUT2D eigenvalue weighted by Gasteiger charge is -2.32. The van der Waals surface area contributed by atoms with Gasteiger partial charge in [-0.25, -0.2) is 0 Å². The summed E-state index contributed by atoms with van der Waals surface area (Å²) < 4.78 is 0. The van der Waals surface area contributed by atoms with Crippen molar-refractivity contribution in [3.05, 3.63) is 69.7 Å². The number of amides is 2. The first-order valence-corrected chi connectivity index (χ1v) is 10.5. The van der Waals surface area contributed by atoms with Gasteiger partial charge < -0.3 is 10.6 Å². The van der Waals surface area contributed by atoms with Gasteiger partial charge in [0.1, 0.15) is 0 Å². The molecule has 1 fully saturated rings. The zero-order chi connectivity index (χ0) is 20.6. The molecule has 1 aliphatic rings. The Labute approximate surface area is 181 Å². The van der Waals surface area contributed by atoms with E-state index in [9.17, 15) is 9.59 Å². The summed E-state index contributed by atoms with van der Waals surface area (Å²) in [5.41, 5.74) is 1.61. The summed E-state index contributed by atoms with van der Waals surface area (Å²) in [6.45, 7) is 3.50. The normalized spacial score (nSPS) is 17.0. The number of halogens is 2. The van der Waals surface area contributed by atoms with E-state index in [0.717, 1.165) is 32.5 Å². The van der Waals surface area contributed by atoms with Gasteiger partial charge in [0, 0.05) is 24.7 Å². The van der Waals surface area contributed by atoms with Crippen LogP contribution in [0.15, 0.2) is 48.5 Å². The average molecular weight is 434 g/mol. The molecular formula is C22H25Cl2N3O2. The van der Waals surface area contributed by atoms with Crippen LogP contribution in [0.25, 0.3) is 0 Å². The van der Waals surface area contributed by atoms with Crippen LogP contribution in [0.4, 0.5) is 0 Å². The molecule has 5 nitrogen and oxygen atoms in total. The maximum atomic E-state index is 12.2. The summed E-state index contributed by atoms with van der Waals surface area (Å²) in [7, 11) is 0. The summed E-state index contributed by atoms with van der Waals surface area (Å²) in [5.74, 6) is -0.185. The summed E-state index contributed by atoms with van der Waals surface area (Å²) in [6.07, 6.45) is 2.22. The summed E-state index contributed by atoms with van der Waals surface area (Å²) in [6, 6.07) is 15.1. The third kappa shape index (κ3) is 6.74. The lowest BCUT2D eigenvalue weighted by atomic mass is 9.97. The van der Waals surface area contributed by atoms with Crippen molar-refractivity contribution in [1.82, 2.24) is 15.5 Å². The first-order valence-electron chi connectivity index (χ1n) is 9.77. The molecule has 0 radical (unpaired) electrons. The SMILES string of the molecule is O=C(CNC(=O)c1ccc(Cl)cc1Cl)NC[C@H]1CCCN(Cc2ccccc2)C1. The third-order valence-electron chi connectivity index (χ3n) is 5.03. The van der Waals surface area contributed by atoms with Gasteiger partial charge >= 0.3 is 0 Å². The molecule has 0 bridgehead atoms. The Kier molecular flexibility index (Phi) is 7.92. The van der Waals surface area contributed by atoms with Gasteiger partial charge in [-0.05, 0) is 49.1 Å². The molecule has 0 aromatic heterocycles. The minimum absolute atomic E-state index is 0.0851. The maximum Gasteiger partial charge on any atom is 0.253 e. The Balaban J connectivity index is 1.40. The van der Waals surface area contributed by atoms with Crippen molar-refractivity contribution in [2.75, 3.05) is 26.2 Å². The largest absolute Gasteiger partial charge is 0.354 e. The Morgan fingerprint density at radius 2 is 1.86 bits per heavy atom. The van der Waals surface area contributed by atoms with Crippen LogP contribution in [0.3, 0.4) is 0 Å². The van der Waals surface area contributed by atoms with Gasteiger partial charge in [0.25, 0.3) is 5.91 Å². The van der Waals surface area contributed by atoms with E-state index in [4.69, 9.17) is 23.2 Å². The van der Waals surface area contributed by atoms with Crippen molar-refractivity contribution < 1.29 is 9.59 Å². The molecule has 1 heterocycles. The molecule has 2 aromatic carbocycles. The number of rotatable bonds is 7. The number of carbonyl (C=O) groups is 2. The van der Waals surface area contributed by atoms with Gasteiger partial charge in [0.15, 0.2) is 0 Å². The summed E-state index contributed by atoms with van der Waals surface area (Å²) >= 11 is 11.9. The molecule has 3 rings (SSSR count). The lowest BCUT2D eigenvalue weighted by molar-refractivity contribution is -0.120. The predicted molar refractivity (Wildman–Crippen MR) is 116 cm³/mol. The number of hydrogen-bond donors (Lipinski definition) is 2. The minimum Gasteiger partial charge on any atom is -0.354 e.